The van der Waals surface area contributed by atoms with Gasteiger partial charge in [-0.1, -0.05) is 6.07 Å². The minimum Gasteiger partial charge on any atom is -0.495 e. The van der Waals surface area contributed by atoms with Crippen LogP contribution in [0.2, 0.25) is 0 Å². The van der Waals surface area contributed by atoms with E-state index in [1.165, 1.54) is 18.7 Å². The van der Waals surface area contributed by atoms with Crippen LogP contribution in [0.25, 0.3) is 0 Å². The van der Waals surface area contributed by atoms with Crippen LogP contribution in [0.5, 0.6) is 5.75 Å². The van der Waals surface area contributed by atoms with Gasteiger partial charge in [0.2, 0.25) is 10.0 Å². The number of ether oxygens (including phenoxy) is 1. The number of aryl methyl sites for hydroxylation is 1. The molecule has 1 heterocycles. The summed E-state index contributed by atoms with van der Waals surface area (Å²) in [6, 6.07) is 8.45. The molecule has 8 heteroatoms. The van der Waals surface area contributed by atoms with E-state index in [0.717, 1.165) is 37.8 Å². The zero-order chi connectivity index (χ0) is 21.3. The van der Waals surface area contributed by atoms with Crippen LogP contribution in [0.15, 0.2) is 41.4 Å². The third kappa shape index (κ3) is 4.06. The molecule has 0 radical (unpaired) electrons. The number of pyridine rings is 1. The molecule has 1 atom stereocenters. The molecule has 7 nitrogen and oxygen atoms in total. The molecule has 4 rings (SSSR count). The maximum atomic E-state index is 13.4. The summed E-state index contributed by atoms with van der Waals surface area (Å²) in [5.41, 5.74) is 2.44. The zero-order valence-corrected chi connectivity index (χ0v) is 18.1. The van der Waals surface area contributed by atoms with Crippen LogP contribution >= 0.6 is 0 Å². The van der Waals surface area contributed by atoms with Crippen LogP contribution in [0.1, 0.15) is 60.3 Å². The number of methoxy groups -OCH3 is 1. The molecule has 2 aliphatic rings. The molecule has 2 aliphatic carbocycles. The number of hydrogen-bond acceptors (Lipinski definition) is 5. The molecular weight excluding hydrogens is 402 g/mol. The Labute approximate surface area is 177 Å². The summed E-state index contributed by atoms with van der Waals surface area (Å²) < 4.78 is 33.6. The van der Waals surface area contributed by atoms with Crippen LogP contribution < -0.4 is 9.46 Å². The number of carbonyl (C=O) groups excluding carboxylic acids is 1. The van der Waals surface area contributed by atoms with Crippen molar-refractivity contribution in [3.63, 3.8) is 0 Å². The summed E-state index contributed by atoms with van der Waals surface area (Å²) in [4.78, 5) is 19.8. The second-order valence-corrected chi connectivity index (χ2v) is 9.49. The molecule has 1 aromatic heterocycles. The fourth-order valence-electron chi connectivity index (χ4n) is 4.06. The SMILES string of the molecule is CCN(C(=O)c1ccc(OC)c(S(=O)(=O)NC2CC2)c1)C1CCCc2cccnc21. The number of aromatic nitrogens is 1. The van der Waals surface area contributed by atoms with Crippen molar-refractivity contribution in [3.05, 3.63) is 53.3 Å². The van der Waals surface area contributed by atoms with Gasteiger partial charge in [-0.15, -0.1) is 0 Å². The molecule has 1 fully saturated rings. The predicted molar refractivity (Wildman–Crippen MR) is 113 cm³/mol. The fraction of sp³-hybridized carbons (Fsp3) is 0.455. The van der Waals surface area contributed by atoms with Gasteiger partial charge in [-0.05, 0) is 68.9 Å². The normalized spacial score (nSPS) is 18.5. The number of sulfonamides is 1. The first-order valence-corrected chi connectivity index (χ1v) is 11.9. The zero-order valence-electron chi connectivity index (χ0n) is 17.3. The minimum atomic E-state index is -3.76. The van der Waals surface area contributed by atoms with Gasteiger partial charge in [-0.3, -0.25) is 9.78 Å². The molecule has 1 aromatic carbocycles. The quantitative estimate of drug-likeness (QED) is 0.731. The summed E-state index contributed by atoms with van der Waals surface area (Å²) in [5, 5.41) is 0. The lowest BCUT2D eigenvalue weighted by Crippen LogP contribution is -2.37. The summed E-state index contributed by atoms with van der Waals surface area (Å²) in [6.07, 6.45) is 6.21. The van der Waals surface area contributed by atoms with Crippen molar-refractivity contribution >= 4 is 15.9 Å². The topological polar surface area (TPSA) is 88.6 Å². The molecule has 0 saturated heterocycles. The first-order chi connectivity index (χ1) is 14.4. The minimum absolute atomic E-state index is 0.000900. The lowest BCUT2D eigenvalue weighted by molar-refractivity contribution is 0.0664. The molecule has 1 unspecified atom stereocenters. The second-order valence-electron chi connectivity index (χ2n) is 7.81. The largest absolute Gasteiger partial charge is 0.495 e. The van der Waals surface area contributed by atoms with Crippen molar-refractivity contribution in [2.45, 2.75) is 56.0 Å². The molecule has 1 saturated carbocycles. The van der Waals surface area contributed by atoms with Gasteiger partial charge >= 0.3 is 0 Å². The van der Waals surface area contributed by atoms with E-state index in [9.17, 15) is 13.2 Å². The monoisotopic (exact) mass is 429 g/mol. The van der Waals surface area contributed by atoms with E-state index in [1.807, 2.05) is 13.0 Å². The maximum absolute atomic E-state index is 13.4. The number of nitrogens with zero attached hydrogens (tertiary/aromatic N) is 2. The highest BCUT2D eigenvalue weighted by molar-refractivity contribution is 7.89. The van der Waals surface area contributed by atoms with Gasteiger partial charge < -0.3 is 9.64 Å². The Morgan fingerprint density at radius 2 is 2.07 bits per heavy atom. The predicted octanol–water partition coefficient (Wildman–Crippen LogP) is 3.07. The van der Waals surface area contributed by atoms with Crippen LogP contribution in [-0.4, -0.2) is 43.9 Å². The number of nitrogens with one attached hydrogen (secondary N) is 1. The fourth-order valence-corrected chi connectivity index (χ4v) is 5.56. The van der Waals surface area contributed by atoms with Crippen molar-refractivity contribution in [2.75, 3.05) is 13.7 Å². The molecule has 1 N–H and O–H groups in total. The highest BCUT2D eigenvalue weighted by Gasteiger charge is 2.33. The number of benzene rings is 1. The molecule has 0 spiro atoms. The Bertz CT molecular complexity index is 1050. The van der Waals surface area contributed by atoms with Crippen LogP contribution in [0, 0.1) is 0 Å². The maximum Gasteiger partial charge on any atom is 0.254 e. The van der Waals surface area contributed by atoms with E-state index in [0.29, 0.717) is 12.1 Å². The van der Waals surface area contributed by atoms with Crippen molar-refractivity contribution in [2.24, 2.45) is 0 Å². The first-order valence-electron chi connectivity index (χ1n) is 10.4. The van der Waals surface area contributed by atoms with E-state index >= 15 is 0 Å². The highest BCUT2D eigenvalue weighted by Crippen LogP contribution is 2.34. The number of rotatable bonds is 7. The number of carbonyl (C=O) groups is 1. The van der Waals surface area contributed by atoms with Crippen molar-refractivity contribution in [1.82, 2.24) is 14.6 Å². The highest BCUT2D eigenvalue weighted by atomic mass is 32.2. The van der Waals surface area contributed by atoms with Gasteiger partial charge in [0.05, 0.1) is 18.8 Å². The average Bonchev–Trinajstić information content (AvgIpc) is 3.57. The Kier molecular flexibility index (Phi) is 5.79. The molecule has 0 aliphatic heterocycles. The van der Waals surface area contributed by atoms with Crippen molar-refractivity contribution < 1.29 is 17.9 Å². The van der Waals surface area contributed by atoms with Gasteiger partial charge in [0.15, 0.2) is 0 Å². The molecule has 2 aromatic rings. The number of amides is 1. The van der Waals surface area contributed by atoms with E-state index in [1.54, 1.807) is 23.2 Å². The van der Waals surface area contributed by atoms with Crippen LogP contribution in [0.3, 0.4) is 0 Å². The number of fused-ring (bicyclic) bond motifs is 1. The van der Waals surface area contributed by atoms with E-state index in [4.69, 9.17) is 4.74 Å². The lowest BCUT2D eigenvalue weighted by atomic mass is 9.90. The Morgan fingerprint density at radius 1 is 1.27 bits per heavy atom. The molecule has 160 valence electrons. The third-order valence-electron chi connectivity index (χ3n) is 5.74. The van der Waals surface area contributed by atoms with Crippen molar-refractivity contribution in [3.8, 4) is 5.75 Å². The smallest absolute Gasteiger partial charge is 0.254 e. The average molecular weight is 430 g/mol. The summed E-state index contributed by atoms with van der Waals surface area (Å²) in [6.45, 7) is 2.44. The Morgan fingerprint density at radius 3 is 2.77 bits per heavy atom. The van der Waals surface area contributed by atoms with Gasteiger partial charge in [0.25, 0.3) is 5.91 Å². The Hall–Kier alpha value is -2.45. The molecular formula is C22H27N3O4S. The van der Waals surface area contributed by atoms with Crippen LogP contribution in [0.4, 0.5) is 0 Å². The van der Waals surface area contributed by atoms with Crippen LogP contribution in [-0.2, 0) is 16.4 Å². The molecule has 30 heavy (non-hydrogen) atoms. The van der Waals surface area contributed by atoms with E-state index < -0.39 is 10.0 Å². The standard InChI is InChI=1S/C22H27N3O4S/c1-3-25(18-8-4-6-15-7-5-13-23-21(15)18)22(26)16-9-12-19(29-2)20(14-16)30(27,28)24-17-10-11-17/h5,7,9,12-14,17-18,24H,3-4,6,8,10-11H2,1-2H3. The second kappa shape index (κ2) is 8.35. The number of hydrogen-bond donors (Lipinski definition) is 1. The van der Waals surface area contributed by atoms with Gasteiger partial charge in [0, 0.05) is 24.3 Å². The Balaban J connectivity index is 1.68. The van der Waals surface area contributed by atoms with Gasteiger partial charge in [-0.2, -0.15) is 0 Å². The van der Waals surface area contributed by atoms with E-state index in [2.05, 4.69) is 15.8 Å². The summed E-state index contributed by atoms with van der Waals surface area (Å²) >= 11 is 0. The molecule has 0 bridgehead atoms. The van der Waals surface area contributed by atoms with Gasteiger partial charge in [0.1, 0.15) is 10.6 Å². The third-order valence-corrected chi connectivity index (χ3v) is 7.28. The van der Waals surface area contributed by atoms with E-state index in [-0.39, 0.29) is 28.6 Å². The van der Waals surface area contributed by atoms with Gasteiger partial charge in [-0.25, -0.2) is 13.1 Å². The van der Waals surface area contributed by atoms with Crippen molar-refractivity contribution in [1.29, 1.82) is 0 Å². The summed E-state index contributed by atoms with van der Waals surface area (Å²) in [7, 11) is -2.33. The lowest BCUT2D eigenvalue weighted by Gasteiger charge is -2.34. The first kappa shape index (κ1) is 20.8. The summed E-state index contributed by atoms with van der Waals surface area (Å²) in [5.74, 6) is 0.0268. The molecule has 1 amide bonds.